The quantitative estimate of drug-likeness (QED) is 0.663. The fourth-order valence-corrected chi connectivity index (χ4v) is 2.02. The van der Waals surface area contributed by atoms with E-state index in [9.17, 15) is 14.9 Å². The lowest BCUT2D eigenvalue weighted by molar-refractivity contribution is -0.384. The second kappa shape index (κ2) is 6.46. The summed E-state index contributed by atoms with van der Waals surface area (Å²) in [5.74, 6) is -0.270. The van der Waals surface area contributed by atoms with Crippen LogP contribution in [-0.4, -0.2) is 40.5 Å². The van der Waals surface area contributed by atoms with Crippen molar-refractivity contribution in [3.63, 3.8) is 0 Å². The maximum absolute atomic E-state index is 12.1. The predicted octanol–water partition coefficient (Wildman–Crippen LogP) is 1.81. The minimum absolute atomic E-state index is 0.0800. The van der Waals surface area contributed by atoms with Crippen LogP contribution >= 0.6 is 15.9 Å². The Bertz CT molecular complexity index is 464. The van der Waals surface area contributed by atoms with Gasteiger partial charge >= 0.3 is 0 Å². The third-order valence-electron chi connectivity index (χ3n) is 2.43. The van der Waals surface area contributed by atoms with Crippen molar-refractivity contribution in [3.05, 3.63) is 38.3 Å². The highest BCUT2D eigenvalue weighted by molar-refractivity contribution is 9.10. The lowest BCUT2D eigenvalue weighted by Gasteiger charge is -2.20. The first kappa shape index (κ1) is 14.6. The molecule has 0 aliphatic heterocycles. The highest BCUT2D eigenvalue weighted by atomic mass is 79.9. The molecule has 1 aromatic rings. The van der Waals surface area contributed by atoms with Crippen molar-refractivity contribution < 1.29 is 14.8 Å². The number of hydrogen-bond donors (Lipinski definition) is 1. The third kappa shape index (κ3) is 3.27. The van der Waals surface area contributed by atoms with Crippen molar-refractivity contribution in [1.29, 1.82) is 0 Å². The van der Waals surface area contributed by atoms with E-state index < -0.39 is 4.92 Å². The molecule has 6 nitrogen and oxygen atoms in total. The zero-order valence-electron chi connectivity index (χ0n) is 9.80. The normalized spacial score (nSPS) is 10.2. The molecule has 0 unspecified atom stereocenters. The molecule has 1 amide bonds. The van der Waals surface area contributed by atoms with Crippen molar-refractivity contribution in [1.82, 2.24) is 4.90 Å². The van der Waals surface area contributed by atoms with Crippen molar-refractivity contribution in [2.75, 3.05) is 19.7 Å². The summed E-state index contributed by atoms with van der Waals surface area (Å²) in [4.78, 5) is 23.6. The van der Waals surface area contributed by atoms with Crippen LogP contribution in [0.25, 0.3) is 0 Å². The van der Waals surface area contributed by atoms with Crippen molar-refractivity contribution in [2.45, 2.75) is 6.92 Å². The van der Waals surface area contributed by atoms with Crippen molar-refractivity contribution >= 4 is 27.5 Å². The fraction of sp³-hybridized carbons (Fsp3) is 0.364. The summed E-state index contributed by atoms with van der Waals surface area (Å²) in [5.41, 5.74) is 0.263. The molecule has 1 N–H and O–H groups in total. The number of rotatable bonds is 5. The molecule has 0 radical (unpaired) electrons. The summed E-state index contributed by atoms with van der Waals surface area (Å²) in [6.07, 6.45) is 0. The molecule has 7 heteroatoms. The second-order valence-corrected chi connectivity index (χ2v) is 4.38. The van der Waals surface area contributed by atoms with Gasteiger partial charge in [0.2, 0.25) is 0 Å². The molecular weight excluding hydrogens is 304 g/mol. The second-order valence-electron chi connectivity index (χ2n) is 3.53. The number of nitro groups is 1. The molecule has 0 aromatic heterocycles. The van der Waals surface area contributed by atoms with Crippen LogP contribution in [0.15, 0.2) is 22.7 Å². The Hall–Kier alpha value is -1.47. The monoisotopic (exact) mass is 316 g/mol. The molecule has 0 saturated carbocycles. The van der Waals surface area contributed by atoms with Crippen LogP contribution in [0.1, 0.15) is 17.3 Å². The highest BCUT2D eigenvalue weighted by Gasteiger charge is 2.18. The maximum atomic E-state index is 12.1. The Balaban J connectivity index is 3.02. The molecular formula is C11H13BrN2O4. The van der Waals surface area contributed by atoms with Gasteiger partial charge in [-0.05, 0) is 28.9 Å². The number of amides is 1. The van der Waals surface area contributed by atoms with Crippen LogP contribution < -0.4 is 0 Å². The standard InChI is InChI=1S/C11H13BrN2O4/c1-2-13(5-6-15)11(16)9-4-3-8(14(17)18)7-10(9)12/h3-4,7,15H,2,5-6H2,1H3. The van der Waals surface area contributed by atoms with Crippen molar-refractivity contribution in [3.8, 4) is 0 Å². The van der Waals surface area contributed by atoms with Gasteiger partial charge in [-0.25, -0.2) is 0 Å². The van der Waals surface area contributed by atoms with E-state index in [4.69, 9.17) is 5.11 Å². The number of carbonyl (C=O) groups is 1. The summed E-state index contributed by atoms with van der Waals surface area (Å²) in [7, 11) is 0. The first-order valence-corrected chi connectivity index (χ1v) is 6.14. The first-order chi connectivity index (χ1) is 8.51. The number of aliphatic hydroxyl groups excluding tert-OH is 1. The minimum Gasteiger partial charge on any atom is -0.395 e. The van der Waals surface area contributed by atoms with Gasteiger partial charge in [0, 0.05) is 29.7 Å². The molecule has 0 bridgehead atoms. The summed E-state index contributed by atoms with van der Waals surface area (Å²) in [6, 6.07) is 3.98. The van der Waals surface area contributed by atoms with E-state index in [-0.39, 0.29) is 24.7 Å². The molecule has 0 atom stereocenters. The molecule has 0 spiro atoms. The van der Waals surface area contributed by atoms with Crippen LogP contribution in [0.5, 0.6) is 0 Å². The average Bonchev–Trinajstić information content (AvgIpc) is 2.34. The molecule has 0 aliphatic rings. The van der Waals surface area contributed by atoms with Gasteiger partial charge < -0.3 is 10.0 Å². The largest absolute Gasteiger partial charge is 0.395 e. The van der Waals surface area contributed by atoms with Crippen LogP contribution in [0.3, 0.4) is 0 Å². The van der Waals surface area contributed by atoms with E-state index in [2.05, 4.69) is 15.9 Å². The molecule has 1 aromatic carbocycles. The van der Waals surface area contributed by atoms with Gasteiger partial charge in [0.05, 0.1) is 17.1 Å². The summed E-state index contributed by atoms with van der Waals surface area (Å²) in [6.45, 7) is 2.37. The lowest BCUT2D eigenvalue weighted by atomic mass is 10.2. The Kier molecular flexibility index (Phi) is 5.24. The number of hydrogen-bond acceptors (Lipinski definition) is 4. The summed E-state index contributed by atoms with van der Waals surface area (Å²) < 4.78 is 0.373. The Morgan fingerprint density at radius 3 is 2.67 bits per heavy atom. The van der Waals surface area contributed by atoms with Gasteiger partial charge in [0.25, 0.3) is 11.6 Å². The molecule has 98 valence electrons. The van der Waals surface area contributed by atoms with E-state index in [1.165, 1.54) is 23.1 Å². The summed E-state index contributed by atoms with van der Waals surface area (Å²) in [5, 5.41) is 19.4. The van der Waals surface area contributed by atoms with Gasteiger partial charge in [0.1, 0.15) is 0 Å². The Morgan fingerprint density at radius 1 is 1.56 bits per heavy atom. The number of halogens is 1. The molecule has 18 heavy (non-hydrogen) atoms. The fourth-order valence-electron chi connectivity index (χ4n) is 1.49. The Labute approximate surface area is 112 Å². The number of benzene rings is 1. The first-order valence-electron chi connectivity index (χ1n) is 5.35. The number of nitrogens with zero attached hydrogens (tertiary/aromatic N) is 2. The summed E-state index contributed by atoms with van der Waals surface area (Å²) >= 11 is 3.15. The maximum Gasteiger partial charge on any atom is 0.270 e. The number of nitro benzene ring substituents is 1. The zero-order valence-corrected chi connectivity index (χ0v) is 11.4. The van der Waals surface area contributed by atoms with E-state index in [1.54, 1.807) is 6.92 Å². The third-order valence-corrected chi connectivity index (χ3v) is 3.09. The minimum atomic E-state index is -0.523. The van der Waals surface area contributed by atoms with E-state index in [0.717, 1.165) is 0 Å². The molecule has 0 fully saturated rings. The smallest absolute Gasteiger partial charge is 0.270 e. The van der Waals surface area contributed by atoms with Crippen LogP contribution in [0.2, 0.25) is 0 Å². The zero-order chi connectivity index (χ0) is 13.7. The van der Waals surface area contributed by atoms with Crippen molar-refractivity contribution in [2.24, 2.45) is 0 Å². The lowest BCUT2D eigenvalue weighted by Crippen LogP contribution is -2.33. The SMILES string of the molecule is CCN(CCO)C(=O)c1ccc([N+](=O)[O-])cc1Br. The number of carbonyl (C=O) groups excluding carboxylic acids is 1. The number of likely N-dealkylation sites (N-methyl/N-ethyl adjacent to an activating group) is 1. The number of non-ortho nitro benzene ring substituents is 1. The highest BCUT2D eigenvalue weighted by Crippen LogP contribution is 2.24. The van der Waals surface area contributed by atoms with Crippen LogP contribution in [0, 0.1) is 10.1 Å². The Morgan fingerprint density at radius 2 is 2.22 bits per heavy atom. The van der Waals surface area contributed by atoms with Gasteiger partial charge in [-0.15, -0.1) is 0 Å². The van der Waals surface area contributed by atoms with E-state index >= 15 is 0 Å². The van der Waals surface area contributed by atoms with Crippen LogP contribution in [-0.2, 0) is 0 Å². The van der Waals surface area contributed by atoms with Crippen LogP contribution in [0.4, 0.5) is 5.69 Å². The van der Waals surface area contributed by atoms with Gasteiger partial charge in [-0.2, -0.15) is 0 Å². The topological polar surface area (TPSA) is 83.7 Å². The molecule has 0 saturated heterocycles. The van der Waals surface area contributed by atoms with Gasteiger partial charge in [0.15, 0.2) is 0 Å². The molecule has 0 aliphatic carbocycles. The number of aliphatic hydroxyl groups is 1. The average molecular weight is 317 g/mol. The van der Waals surface area contributed by atoms with E-state index in [0.29, 0.717) is 16.6 Å². The van der Waals surface area contributed by atoms with Gasteiger partial charge in [-0.1, -0.05) is 0 Å². The predicted molar refractivity (Wildman–Crippen MR) is 69.5 cm³/mol. The van der Waals surface area contributed by atoms with E-state index in [1.807, 2.05) is 0 Å². The molecule has 0 heterocycles. The van der Waals surface area contributed by atoms with Gasteiger partial charge in [-0.3, -0.25) is 14.9 Å². The molecule has 1 rings (SSSR count).